The van der Waals surface area contributed by atoms with Crippen molar-refractivity contribution in [1.29, 1.82) is 0 Å². The molecule has 2 aliphatic rings. The van der Waals surface area contributed by atoms with Gasteiger partial charge in [0, 0.05) is 18.0 Å². The Morgan fingerprint density at radius 3 is 2.71 bits per heavy atom. The predicted octanol–water partition coefficient (Wildman–Crippen LogP) is 3.18. The van der Waals surface area contributed by atoms with Crippen molar-refractivity contribution in [3.63, 3.8) is 0 Å². The monoisotopic (exact) mass is 303 g/mol. The van der Waals surface area contributed by atoms with E-state index in [1.165, 1.54) is 46.3 Å². The maximum Gasteiger partial charge on any atom is 0.141 e. The molecule has 5 heteroatoms. The van der Waals surface area contributed by atoms with E-state index < -0.39 is 0 Å². The summed E-state index contributed by atoms with van der Waals surface area (Å²) in [5.74, 6) is 1.13. The average Bonchev–Trinajstić information content (AvgIpc) is 2.84. The summed E-state index contributed by atoms with van der Waals surface area (Å²) in [7, 11) is 0. The van der Waals surface area contributed by atoms with Crippen molar-refractivity contribution in [3.05, 3.63) is 16.8 Å². The van der Waals surface area contributed by atoms with Crippen LogP contribution in [0.5, 0.6) is 0 Å². The minimum atomic E-state index is 0.258. The summed E-state index contributed by atoms with van der Waals surface area (Å²) in [6, 6.07) is 0. The van der Waals surface area contributed by atoms with Gasteiger partial charge < -0.3 is 9.64 Å². The lowest BCUT2D eigenvalue weighted by molar-refractivity contribution is -0.00537. The van der Waals surface area contributed by atoms with Gasteiger partial charge in [-0.05, 0) is 45.1 Å². The maximum atomic E-state index is 5.86. The standard InChI is InChI=1S/C16H21N3OS/c1-10-7-19(8-11(2)20-10)15-14-12-5-3-4-6-13(12)21-16(14)18-9-17-15/h9-11H,3-8H2,1-2H3. The van der Waals surface area contributed by atoms with Gasteiger partial charge in [0.25, 0.3) is 0 Å². The molecule has 0 amide bonds. The van der Waals surface area contributed by atoms with E-state index >= 15 is 0 Å². The molecular weight excluding hydrogens is 282 g/mol. The van der Waals surface area contributed by atoms with Crippen LogP contribution in [0.1, 0.15) is 37.1 Å². The van der Waals surface area contributed by atoms with Crippen molar-refractivity contribution in [2.24, 2.45) is 0 Å². The molecule has 0 spiro atoms. The second-order valence-electron chi connectivity index (χ2n) is 6.25. The Bertz CT molecular complexity index is 659. The van der Waals surface area contributed by atoms with Gasteiger partial charge in [0.1, 0.15) is 17.0 Å². The Hall–Kier alpha value is -1.20. The van der Waals surface area contributed by atoms with Gasteiger partial charge in [0.15, 0.2) is 0 Å². The molecule has 0 bridgehead atoms. The molecule has 2 aromatic heterocycles. The fourth-order valence-electron chi connectivity index (χ4n) is 3.66. The normalized spacial score (nSPS) is 26.1. The minimum Gasteiger partial charge on any atom is -0.372 e. The Kier molecular flexibility index (Phi) is 3.34. The molecule has 3 heterocycles. The van der Waals surface area contributed by atoms with Gasteiger partial charge in [-0.25, -0.2) is 9.97 Å². The number of aryl methyl sites for hydroxylation is 2. The van der Waals surface area contributed by atoms with Crippen molar-refractivity contribution >= 4 is 27.4 Å². The molecule has 2 atom stereocenters. The van der Waals surface area contributed by atoms with Gasteiger partial charge in [-0.1, -0.05) is 0 Å². The van der Waals surface area contributed by atoms with Gasteiger partial charge in [0.05, 0.1) is 17.6 Å². The lowest BCUT2D eigenvalue weighted by Gasteiger charge is -2.36. The zero-order valence-corrected chi connectivity index (χ0v) is 13.4. The first-order chi connectivity index (χ1) is 10.2. The molecule has 1 fully saturated rings. The first kappa shape index (κ1) is 13.5. The largest absolute Gasteiger partial charge is 0.372 e. The summed E-state index contributed by atoms with van der Waals surface area (Å²) in [5, 5.41) is 1.32. The Morgan fingerprint density at radius 2 is 1.90 bits per heavy atom. The van der Waals surface area contributed by atoms with Crippen molar-refractivity contribution in [2.75, 3.05) is 18.0 Å². The quantitative estimate of drug-likeness (QED) is 0.811. The number of ether oxygens (including phenoxy) is 1. The molecule has 1 aliphatic carbocycles. The lowest BCUT2D eigenvalue weighted by Crippen LogP contribution is -2.46. The third kappa shape index (κ3) is 2.32. The Labute approximate surface area is 129 Å². The molecule has 0 saturated carbocycles. The summed E-state index contributed by atoms with van der Waals surface area (Å²) in [4.78, 5) is 14.3. The van der Waals surface area contributed by atoms with E-state index in [4.69, 9.17) is 4.74 Å². The topological polar surface area (TPSA) is 38.2 Å². The summed E-state index contributed by atoms with van der Waals surface area (Å²) >= 11 is 1.87. The van der Waals surface area contributed by atoms with Gasteiger partial charge >= 0.3 is 0 Å². The van der Waals surface area contributed by atoms with E-state index in [0.717, 1.165) is 18.9 Å². The SMILES string of the molecule is CC1CN(c2ncnc3sc4c(c23)CCCC4)CC(C)O1. The van der Waals surface area contributed by atoms with Crippen LogP contribution in [0.2, 0.25) is 0 Å². The highest BCUT2D eigenvalue weighted by Gasteiger charge is 2.27. The second-order valence-corrected chi connectivity index (χ2v) is 7.33. The molecule has 4 rings (SSSR count). The number of hydrogen-bond donors (Lipinski definition) is 0. The zero-order valence-electron chi connectivity index (χ0n) is 12.6. The van der Waals surface area contributed by atoms with Crippen molar-refractivity contribution in [1.82, 2.24) is 9.97 Å². The highest BCUT2D eigenvalue weighted by molar-refractivity contribution is 7.19. The number of thiophene rings is 1. The molecule has 2 aromatic rings. The first-order valence-electron chi connectivity index (χ1n) is 7.88. The molecule has 112 valence electrons. The van der Waals surface area contributed by atoms with E-state index in [1.54, 1.807) is 6.33 Å². The number of anilines is 1. The summed E-state index contributed by atoms with van der Waals surface area (Å²) in [6.07, 6.45) is 7.25. The maximum absolute atomic E-state index is 5.86. The zero-order chi connectivity index (χ0) is 14.4. The fourth-order valence-corrected chi connectivity index (χ4v) is 4.89. The first-order valence-corrected chi connectivity index (χ1v) is 8.69. The van der Waals surface area contributed by atoms with E-state index in [0.29, 0.717) is 0 Å². The summed E-state index contributed by atoms with van der Waals surface area (Å²) < 4.78 is 5.86. The third-order valence-electron chi connectivity index (χ3n) is 4.45. The van der Waals surface area contributed by atoms with Crippen molar-refractivity contribution < 1.29 is 4.74 Å². The molecule has 0 aromatic carbocycles. The van der Waals surface area contributed by atoms with Crippen LogP contribution in [-0.4, -0.2) is 35.3 Å². The van der Waals surface area contributed by atoms with E-state index in [2.05, 4.69) is 28.7 Å². The molecule has 1 saturated heterocycles. The molecule has 21 heavy (non-hydrogen) atoms. The van der Waals surface area contributed by atoms with Crippen LogP contribution < -0.4 is 4.90 Å². The average molecular weight is 303 g/mol. The molecular formula is C16H21N3OS. The van der Waals surface area contributed by atoms with Crippen LogP contribution in [0.15, 0.2) is 6.33 Å². The highest BCUT2D eigenvalue weighted by atomic mass is 32.1. The van der Waals surface area contributed by atoms with E-state index in [1.807, 2.05) is 11.3 Å². The molecule has 0 radical (unpaired) electrons. The van der Waals surface area contributed by atoms with Crippen LogP contribution >= 0.6 is 11.3 Å². The lowest BCUT2D eigenvalue weighted by atomic mass is 9.97. The molecule has 4 nitrogen and oxygen atoms in total. The summed E-state index contributed by atoms with van der Waals surface area (Å²) in [5.41, 5.74) is 1.52. The minimum absolute atomic E-state index is 0.258. The second kappa shape index (κ2) is 5.21. The van der Waals surface area contributed by atoms with Crippen LogP contribution in [0, 0.1) is 0 Å². The molecule has 1 aliphatic heterocycles. The number of rotatable bonds is 1. The van der Waals surface area contributed by atoms with Crippen LogP contribution in [0.4, 0.5) is 5.82 Å². The van der Waals surface area contributed by atoms with Gasteiger partial charge in [-0.15, -0.1) is 11.3 Å². The number of nitrogens with zero attached hydrogens (tertiary/aromatic N) is 3. The molecule has 0 N–H and O–H groups in total. The fraction of sp³-hybridized carbons (Fsp3) is 0.625. The van der Waals surface area contributed by atoms with E-state index in [9.17, 15) is 0 Å². The predicted molar refractivity (Wildman–Crippen MR) is 86.3 cm³/mol. The van der Waals surface area contributed by atoms with Crippen molar-refractivity contribution in [2.45, 2.75) is 51.7 Å². The Balaban J connectivity index is 1.83. The van der Waals surface area contributed by atoms with Crippen LogP contribution in [-0.2, 0) is 17.6 Å². The van der Waals surface area contributed by atoms with Crippen LogP contribution in [0.25, 0.3) is 10.2 Å². The smallest absolute Gasteiger partial charge is 0.141 e. The number of aromatic nitrogens is 2. The molecule has 2 unspecified atom stereocenters. The highest BCUT2D eigenvalue weighted by Crippen LogP contribution is 2.39. The summed E-state index contributed by atoms with van der Waals surface area (Å²) in [6.45, 7) is 6.12. The number of morpholine rings is 1. The number of fused-ring (bicyclic) bond motifs is 3. The van der Waals surface area contributed by atoms with Gasteiger partial charge in [-0.2, -0.15) is 0 Å². The van der Waals surface area contributed by atoms with Crippen LogP contribution in [0.3, 0.4) is 0 Å². The Morgan fingerprint density at radius 1 is 1.14 bits per heavy atom. The third-order valence-corrected chi connectivity index (χ3v) is 5.65. The van der Waals surface area contributed by atoms with Crippen molar-refractivity contribution in [3.8, 4) is 0 Å². The van der Waals surface area contributed by atoms with E-state index in [-0.39, 0.29) is 12.2 Å². The van der Waals surface area contributed by atoms with Gasteiger partial charge in [-0.3, -0.25) is 0 Å². The number of hydrogen-bond acceptors (Lipinski definition) is 5. The van der Waals surface area contributed by atoms with Gasteiger partial charge in [0.2, 0.25) is 0 Å².